The molecule has 0 bridgehead atoms. The van der Waals surface area contributed by atoms with Gasteiger partial charge in [0.25, 0.3) is 0 Å². The summed E-state index contributed by atoms with van der Waals surface area (Å²) in [6.07, 6.45) is 0.924. The lowest BCUT2D eigenvalue weighted by atomic mass is 9.77. The molecule has 0 spiro atoms. The van der Waals surface area contributed by atoms with Crippen LogP contribution in [0.4, 0.5) is 0 Å². The first-order chi connectivity index (χ1) is 7.34. The van der Waals surface area contributed by atoms with Crippen molar-refractivity contribution in [1.82, 2.24) is 0 Å². The molecule has 2 unspecified atom stereocenters. The molecular formula is C14H20O2. The minimum atomic E-state index is -1.18. The van der Waals surface area contributed by atoms with Gasteiger partial charge in [-0.3, -0.25) is 0 Å². The maximum absolute atomic E-state index is 10.8. The fourth-order valence-corrected chi connectivity index (χ4v) is 2.32. The summed E-state index contributed by atoms with van der Waals surface area (Å²) in [6, 6.07) is 8.01. The standard InChI is InChI=1S/C14H20O2/c1-10-9-11-7-5-6-8-12(11)14(15,16-10)13(2,3)4/h5-8,10,15H,9H2,1-4H3. The third-order valence-corrected chi connectivity index (χ3v) is 3.28. The highest BCUT2D eigenvalue weighted by Gasteiger charge is 2.47. The molecule has 2 nitrogen and oxygen atoms in total. The number of benzene rings is 1. The molecule has 1 N–H and O–H groups in total. The largest absolute Gasteiger partial charge is 0.361 e. The van der Waals surface area contributed by atoms with Gasteiger partial charge < -0.3 is 9.84 Å². The maximum Gasteiger partial charge on any atom is 0.197 e. The van der Waals surface area contributed by atoms with Crippen LogP contribution in [0.25, 0.3) is 0 Å². The van der Waals surface area contributed by atoms with E-state index in [1.54, 1.807) is 0 Å². The van der Waals surface area contributed by atoms with Crippen LogP contribution in [0, 0.1) is 5.41 Å². The summed E-state index contributed by atoms with van der Waals surface area (Å²) in [7, 11) is 0. The summed E-state index contributed by atoms with van der Waals surface area (Å²) < 4.78 is 5.82. The number of aliphatic hydroxyl groups is 1. The molecule has 0 aliphatic carbocycles. The molecule has 88 valence electrons. The predicted octanol–water partition coefficient (Wildman–Crippen LogP) is 2.84. The number of rotatable bonds is 0. The Hall–Kier alpha value is -0.860. The zero-order valence-corrected chi connectivity index (χ0v) is 10.4. The van der Waals surface area contributed by atoms with Gasteiger partial charge >= 0.3 is 0 Å². The van der Waals surface area contributed by atoms with Crippen LogP contribution in [0.3, 0.4) is 0 Å². The van der Waals surface area contributed by atoms with Crippen molar-refractivity contribution in [2.45, 2.75) is 46.0 Å². The molecule has 0 amide bonds. The highest BCUT2D eigenvalue weighted by molar-refractivity contribution is 5.34. The molecule has 1 aliphatic heterocycles. The van der Waals surface area contributed by atoms with Gasteiger partial charge in [0, 0.05) is 11.0 Å². The van der Waals surface area contributed by atoms with Gasteiger partial charge in [0.1, 0.15) is 0 Å². The molecule has 2 atom stereocenters. The van der Waals surface area contributed by atoms with E-state index in [0.29, 0.717) is 0 Å². The number of hydrogen-bond donors (Lipinski definition) is 1. The van der Waals surface area contributed by atoms with Crippen LogP contribution in [0.1, 0.15) is 38.8 Å². The quantitative estimate of drug-likeness (QED) is 0.728. The number of hydrogen-bond acceptors (Lipinski definition) is 2. The summed E-state index contributed by atoms with van der Waals surface area (Å²) in [4.78, 5) is 0. The topological polar surface area (TPSA) is 29.5 Å². The summed E-state index contributed by atoms with van der Waals surface area (Å²) in [5.41, 5.74) is 1.77. The van der Waals surface area contributed by atoms with Crippen LogP contribution in [-0.4, -0.2) is 11.2 Å². The first-order valence-corrected chi connectivity index (χ1v) is 5.83. The van der Waals surface area contributed by atoms with E-state index in [-0.39, 0.29) is 11.5 Å². The normalized spacial score (nSPS) is 29.9. The van der Waals surface area contributed by atoms with E-state index in [1.165, 1.54) is 5.56 Å². The average Bonchev–Trinajstić information content (AvgIpc) is 2.15. The Morgan fingerprint density at radius 1 is 1.31 bits per heavy atom. The third-order valence-electron chi connectivity index (χ3n) is 3.28. The van der Waals surface area contributed by atoms with E-state index in [1.807, 2.05) is 45.9 Å². The molecule has 0 fully saturated rings. The van der Waals surface area contributed by atoms with Crippen molar-refractivity contribution in [1.29, 1.82) is 0 Å². The first-order valence-electron chi connectivity index (χ1n) is 5.83. The van der Waals surface area contributed by atoms with Crippen molar-refractivity contribution in [3.63, 3.8) is 0 Å². The fraction of sp³-hybridized carbons (Fsp3) is 0.571. The van der Waals surface area contributed by atoms with Gasteiger partial charge in [-0.2, -0.15) is 0 Å². The molecule has 2 rings (SSSR count). The van der Waals surface area contributed by atoms with Gasteiger partial charge in [-0.05, 0) is 18.9 Å². The minimum Gasteiger partial charge on any atom is -0.361 e. The Labute approximate surface area is 97.3 Å². The zero-order valence-electron chi connectivity index (χ0n) is 10.4. The maximum atomic E-state index is 10.8. The van der Waals surface area contributed by atoms with Gasteiger partial charge in [-0.15, -0.1) is 0 Å². The summed E-state index contributed by atoms with van der Waals surface area (Å²) in [5, 5.41) is 10.8. The van der Waals surface area contributed by atoms with E-state index in [9.17, 15) is 5.11 Å². The Morgan fingerprint density at radius 2 is 1.94 bits per heavy atom. The van der Waals surface area contributed by atoms with Crippen molar-refractivity contribution in [3.8, 4) is 0 Å². The second-order valence-electron chi connectivity index (χ2n) is 5.68. The molecule has 0 saturated heterocycles. The van der Waals surface area contributed by atoms with E-state index in [4.69, 9.17) is 4.74 Å². The second kappa shape index (κ2) is 3.57. The monoisotopic (exact) mass is 220 g/mol. The smallest absolute Gasteiger partial charge is 0.197 e. The molecule has 1 aromatic rings. The highest BCUT2D eigenvalue weighted by Crippen LogP contribution is 2.45. The average molecular weight is 220 g/mol. The van der Waals surface area contributed by atoms with Crippen molar-refractivity contribution in [2.24, 2.45) is 5.41 Å². The lowest BCUT2D eigenvalue weighted by Gasteiger charge is -2.45. The Bertz CT molecular complexity index is 392. The molecular weight excluding hydrogens is 200 g/mol. The Balaban J connectivity index is 2.57. The third kappa shape index (κ3) is 1.66. The van der Waals surface area contributed by atoms with Crippen LogP contribution in [0.5, 0.6) is 0 Å². The van der Waals surface area contributed by atoms with E-state index < -0.39 is 5.79 Å². The van der Waals surface area contributed by atoms with Crippen molar-refractivity contribution in [3.05, 3.63) is 35.4 Å². The Kier molecular flexibility index (Phi) is 2.59. The SMILES string of the molecule is CC1Cc2ccccc2C(O)(C(C)(C)C)O1. The van der Waals surface area contributed by atoms with Crippen molar-refractivity contribution in [2.75, 3.05) is 0 Å². The fourth-order valence-electron chi connectivity index (χ4n) is 2.32. The lowest BCUT2D eigenvalue weighted by molar-refractivity contribution is -0.296. The van der Waals surface area contributed by atoms with Gasteiger partial charge in [0.05, 0.1) is 6.10 Å². The van der Waals surface area contributed by atoms with E-state index >= 15 is 0 Å². The van der Waals surface area contributed by atoms with Crippen LogP contribution in [0.2, 0.25) is 0 Å². The molecule has 0 radical (unpaired) electrons. The van der Waals surface area contributed by atoms with Crippen molar-refractivity contribution < 1.29 is 9.84 Å². The number of ether oxygens (including phenoxy) is 1. The second-order valence-corrected chi connectivity index (χ2v) is 5.68. The summed E-state index contributed by atoms with van der Waals surface area (Å²) >= 11 is 0. The lowest BCUT2D eigenvalue weighted by Crippen LogP contribution is -2.48. The van der Waals surface area contributed by atoms with Gasteiger partial charge in [0.15, 0.2) is 5.79 Å². The molecule has 1 heterocycles. The van der Waals surface area contributed by atoms with Gasteiger partial charge in [-0.25, -0.2) is 0 Å². The number of fused-ring (bicyclic) bond motifs is 1. The van der Waals surface area contributed by atoms with Crippen molar-refractivity contribution >= 4 is 0 Å². The molecule has 16 heavy (non-hydrogen) atoms. The molecule has 0 aromatic heterocycles. The zero-order chi connectivity index (χ0) is 12.0. The summed E-state index contributed by atoms with van der Waals surface area (Å²) in [5.74, 6) is -1.18. The predicted molar refractivity (Wildman–Crippen MR) is 64.0 cm³/mol. The molecule has 0 saturated carbocycles. The summed E-state index contributed by atoms with van der Waals surface area (Å²) in [6.45, 7) is 8.01. The minimum absolute atomic E-state index is 0.0547. The van der Waals surface area contributed by atoms with E-state index in [0.717, 1.165) is 12.0 Å². The molecule has 2 heteroatoms. The molecule has 1 aromatic carbocycles. The van der Waals surface area contributed by atoms with Crippen LogP contribution in [-0.2, 0) is 16.9 Å². The van der Waals surface area contributed by atoms with E-state index in [2.05, 4.69) is 6.07 Å². The molecule has 1 aliphatic rings. The van der Waals surface area contributed by atoms with Crippen LogP contribution >= 0.6 is 0 Å². The van der Waals surface area contributed by atoms with Gasteiger partial charge in [0.2, 0.25) is 0 Å². The van der Waals surface area contributed by atoms with Crippen LogP contribution in [0.15, 0.2) is 24.3 Å². The van der Waals surface area contributed by atoms with Gasteiger partial charge in [-0.1, -0.05) is 45.0 Å². The first kappa shape index (κ1) is 11.6. The highest BCUT2D eigenvalue weighted by atomic mass is 16.6. The Morgan fingerprint density at radius 3 is 2.56 bits per heavy atom. The van der Waals surface area contributed by atoms with Crippen LogP contribution < -0.4 is 0 Å².